The number of nitrogens with one attached hydrogen (secondary N) is 3. The van der Waals surface area contributed by atoms with Crippen LogP contribution in [0.4, 0.5) is 5.69 Å². The summed E-state index contributed by atoms with van der Waals surface area (Å²) in [4.78, 5) is 23.2. The molecule has 2 rings (SSSR count). The summed E-state index contributed by atoms with van der Waals surface area (Å²) in [5.41, 5.74) is 1.72. The van der Waals surface area contributed by atoms with Gasteiger partial charge in [0.05, 0.1) is 5.92 Å². The zero-order valence-electron chi connectivity index (χ0n) is 12.0. The van der Waals surface area contributed by atoms with E-state index in [1.807, 2.05) is 24.3 Å². The second-order valence-electron chi connectivity index (χ2n) is 5.15. The van der Waals surface area contributed by atoms with Gasteiger partial charge < -0.3 is 16.0 Å². The predicted molar refractivity (Wildman–Crippen MR) is 82.7 cm³/mol. The van der Waals surface area contributed by atoms with E-state index in [0.29, 0.717) is 12.2 Å². The molecular formula is C16H21N3O2. The number of carbonyl (C=O) groups excluding carboxylic acids is 2. The van der Waals surface area contributed by atoms with Gasteiger partial charge in [-0.25, -0.2) is 0 Å². The van der Waals surface area contributed by atoms with Crippen LogP contribution in [0.2, 0.25) is 0 Å². The normalized spacial score (nSPS) is 17.8. The van der Waals surface area contributed by atoms with Crippen LogP contribution in [0.5, 0.6) is 0 Å². The van der Waals surface area contributed by atoms with Gasteiger partial charge in [-0.1, -0.05) is 18.7 Å². The smallest absolute Gasteiger partial charge is 0.247 e. The van der Waals surface area contributed by atoms with Crippen molar-refractivity contribution >= 4 is 17.5 Å². The molecule has 1 aromatic rings. The van der Waals surface area contributed by atoms with Crippen molar-refractivity contribution in [3.63, 3.8) is 0 Å². The van der Waals surface area contributed by atoms with Crippen LogP contribution in [-0.2, 0) is 16.1 Å². The molecule has 3 N–H and O–H groups in total. The standard InChI is InChI=1S/C16H21N3O2/c1-2-15(20)19-14-7-5-12(6-8-14)10-18-16(21)13-4-3-9-17-11-13/h2,5-8,13,17H,1,3-4,9-11H2,(H,18,21)(H,19,20)/t13-/m1/s1. The first-order valence-corrected chi connectivity index (χ1v) is 7.20. The van der Waals surface area contributed by atoms with Gasteiger partial charge >= 0.3 is 0 Å². The Bertz CT molecular complexity index is 505. The highest BCUT2D eigenvalue weighted by molar-refractivity contribution is 5.98. The number of hydrogen-bond acceptors (Lipinski definition) is 3. The number of amides is 2. The van der Waals surface area contributed by atoms with Crippen molar-refractivity contribution in [2.24, 2.45) is 5.92 Å². The fourth-order valence-corrected chi connectivity index (χ4v) is 2.31. The highest BCUT2D eigenvalue weighted by atomic mass is 16.2. The Hall–Kier alpha value is -2.14. The molecule has 5 heteroatoms. The highest BCUT2D eigenvalue weighted by Crippen LogP contribution is 2.12. The summed E-state index contributed by atoms with van der Waals surface area (Å²) >= 11 is 0. The lowest BCUT2D eigenvalue weighted by atomic mass is 9.99. The third-order valence-electron chi connectivity index (χ3n) is 3.54. The van der Waals surface area contributed by atoms with Crippen LogP contribution in [0.1, 0.15) is 18.4 Å². The molecule has 1 heterocycles. The molecule has 0 radical (unpaired) electrons. The van der Waals surface area contributed by atoms with Gasteiger partial charge in [-0.05, 0) is 43.2 Å². The van der Waals surface area contributed by atoms with E-state index < -0.39 is 0 Å². The molecule has 1 aliphatic heterocycles. The second-order valence-corrected chi connectivity index (χ2v) is 5.15. The third-order valence-corrected chi connectivity index (χ3v) is 3.54. The summed E-state index contributed by atoms with van der Waals surface area (Å²) in [7, 11) is 0. The van der Waals surface area contributed by atoms with Gasteiger partial charge in [0.1, 0.15) is 0 Å². The second kappa shape index (κ2) is 7.59. The van der Waals surface area contributed by atoms with Crippen LogP contribution in [0.25, 0.3) is 0 Å². The molecule has 5 nitrogen and oxygen atoms in total. The summed E-state index contributed by atoms with van der Waals surface area (Å²) in [5, 5.41) is 8.88. The quantitative estimate of drug-likeness (QED) is 0.717. The third kappa shape index (κ3) is 4.72. The van der Waals surface area contributed by atoms with Crippen molar-refractivity contribution in [2.75, 3.05) is 18.4 Å². The van der Waals surface area contributed by atoms with E-state index in [1.165, 1.54) is 6.08 Å². The molecule has 112 valence electrons. The van der Waals surface area contributed by atoms with Crippen molar-refractivity contribution in [3.05, 3.63) is 42.5 Å². The van der Waals surface area contributed by atoms with E-state index in [4.69, 9.17) is 0 Å². The molecular weight excluding hydrogens is 266 g/mol. The molecule has 2 amide bonds. The molecule has 0 saturated carbocycles. The molecule has 1 saturated heterocycles. The molecule has 1 aliphatic rings. The van der Waals surface area contributed by atoms with Crippen LogP contribution in [0.15, 0.2) is 36.9 Å². The van der Waals surface area contributed by atoms with Gasteiger partial charge in [0.25, 0.3) is 0 Å². The minimum absolute atomic E-state index is 0.0740. The van der Waals surface area contributed by atoms with Crippen molar-refractivity contribution < 1.29 is 9.59 Å². The first-order valence-electron chi connectivity index (χ1n) is 7.20. The van der Waals surface area contributed by atoms with Gasteiger partial charge in [-0.2, -0.15) is 0 Å². The van der Waals surface area contributed by atoms with Crippen molar-refractivity contribution in [2.45, 2.75) is 19.4 Å². The average Bonchev–Trinajstić information content (AvgIpc) is 2.54. The predicted octanol–water partition coefficient (Wildman–Crippen LogP) is 1.43. The van der Waals surface area contributed by atoms with Crippen molar-refractivity contribution in [1.82, 2.24) is 10.6 Å². The topological polar surface area (TPSA) is 70.2 Å². The number of anilines is 1. The summed E-state index contributed by atoms with van der Waals surface area (Å²) in [6.07, 6.45) is 3.23. The zero-order chi connectivity index (χ0) is 15.1. The zero-order valence-corrected chi connectivity index (χ0v) is 12.0. The molecule has 0 aromatic heterocycles. The van der Waals surface area contributed by atoms with Crippen LogP contribution < -0.4 is 16.0 Å². The summed E-state index contributed by atoms with van der Waals surface area (Å²) in [6, 6.07) is 7.40. The number of carbonyl (C=O) groups is 2. The first-order chi connectivity index (χ1) is 10.2. The summed E-state index contributed by atoms with van der Waals surface area (Å²) in [5.74, 6) is -0.0583. The van der Waals surface area contributed by atoms with Gasteiger partial charge in [-0.3, -0.25) is 9.59 Å². The van der Waals surface area contributed by atoms with E-state index >= 15 is 0 Å². The Morgan fingerprint density at radius 3 is 2.71 bits per heavy atom. The summed E-state index contributed by atoms with van der Waals surface area (Å²) in [6.45, 7) is 5.67. The van der Waals surface area contributed by atoms with Crippen LogP contribution in [0, 0.1) is 5.92 Å². The Balaban J connectivity index is 1.81. The maximum atomic E-state index is 12.0. The minimum atomic E-state index is -0.235. The van der Waals surface area contributed by atoms with E-state index in [-0.39, 0.29) is 17.7 Å². The molecule has 21 heavy (non-hydrogen) atoms. The van der Waals surface area contributed by atoms with Crippen LogP contribution >= 0.6 is 0 Å². The fourth-order valence-electron chi connectivity index (χ4n) is 2.31. The number of rotatable bonds is 5. The highest BCUT2D eigenvalue weighted by Gasteiger charge is 2.20. The number of piperidine rings is 1. The molecule has 1 atom stereocenters. The molecule has 0 bridgehead atoms. The van der Waals surface area contributed by atoms with E-state index in [0.717, 1.165) is 31.5 Å². The molecule has 0 spiro atoms. The van der Waals surface area contributed by atoms with Gasteiger partial charge in [0.15, 0.2) is 0 Å². The molecule has 0 aliphatic carbocycles. The maximum absolute atomic E-state index is 12.0. The lowest BCUT2D eigenvalue weighted by molar-refractivity contribution is -0.125. The lowest BCUT2D eigenvalue weighted by Crippen LogP contribution is -2.40. The fraction of sp³-hybridized carbons (Fsp3) is 0.375. The molecule has 0 unspecified atom stereocenters. The van der Waals surface area contributed by atoms with Gasteiger partial charge in [0.2, 0.25) is 11.8 Å². The largest absolute Gasteiger partial charge is 0.352 e. The number of hydrogen-bond donors (Lipinski definition) is 3. The van der Waals surface area contributed by atoms with Gasteiger partial charge in [-0.15, -0.1) is 0 Å². The number of benzene rings is 1. The minimum Gasteiger partial charge on any atom is -0.352 e. The maximum Gasteiger partial charge on any atom is 0.247 e. The van der Waals surface area contributed by atoms with Crippen molar-refractivity contribution in [1.29, 1.82) is 0 Å². The Labute approximate surface area is 124 Å². The van der Waals surface area contributed by atoms with E-state index in [1.54, 1.807) is 0 Å². The lowest BCUT2D eigenvalue weighted by Gasteiger charge is -2.21. The van der Waals surface area contributed by atoms with E-state index in [2.05, 4.69) is 22.5 Å². The Morgan fingerprint density at radius 1 is 1.33 bits per heavy atom. The first kappa shape index (κ1) is 15.3. The average molecular weight is 287 g/mol. The SMILES string of the molecule is C=CC(=O)Nc1ccc(CNC(=O)[C@@H]2CCCNC2)cc1. The van der Waals surface area contributed by atoms with E-state index in [9.17, 15) is 9.59 Å². The Morgan fingerprint density at radius 2 is 2.10 bits per heavy atom. The van der Waals surface area contributed by atoms with Crippen LogP contribution in [0.3, 0.4) is 0 Å². The molecule has 1 aromatic carbocycles. The Kier molecular flexibility index (Phi) is 5.51. The molecule has 1 fully saturated rings. The monoisotopic (exact) mass is 287 g/mol. The summed E-state index contributed by atoms with van der Waals surface area (Å²) < 4.78 is 0. The van der Waals surface area contributed by atoms with Crippen LogP contribution in [-0.4, -0.2) is 24.9 Å². The van der Waals surface area contributed by atoms with Gasteiger partial charge in [0, 0.05) is 18.8 Å². The van der Waals surface area contributed by atoms with Crippen molar-refractivity contribution in [3.8, 4) is 0 Å².